The number of hydrogen-bond donors (Lipinski definition) is 1. The number of aromatic nitrogens is 1. The number of pyridine rings is 1. The van der Waals surface area contributed by atoms with Crippen LogP contribution in [0.5, 0.6) is 0 Å². The van der Waals surface area contributed by atoms with Crippen LogP contribution in [-0.4, -0.2) is 46.9 Å². The highest BCUT2D eigenvalue weighted by atomic mass is 35.5. The minimum Gasteiger partial charge on any atom is -0.452 e. The van der Waals surface area contributed by atoms with Crippen LogP contribution in [0.1, 0.15) is 18.9 Å². The molecule has 1 aliphatic rings. The highest BCUT2D eigenvalue weighted by Gasteiger charge is 2.36. The number of hydrogen-bond acceptors (Lipinski definition) is 5. The van der Waals surface area contributed by atoms with Crippen molar-refractivity contribution in [2.45, 2.75) is 25.9 Å². The van der Waals surface area contributed by atoms with Crippen LogP contribution in [0.2, 0.25) is 10.0 Å². The third-order valence-corrected chi connectivity index (χ3v) is 5.27. The second kappa shape index (κ2) is 9.91. The topological polar surface area (TPSA) is 88.6 Å². The lowest BCUT2D eigenvalue weighted by Crippen LogP contribution is -2.34. The normalized spacial score (nSPS) is 17.0. The van der Waals surface area contributed by atoms with E-state index in [0.717, 1.165) is 5.56 Å². The number of likely N-dealkylation sites (tertiary alicyclic amines) is 1. The Morgan fingerprint density at radius 3 is 2.73 bits per heavy atom. The molecule has 2 amide bonds. The quantitative estimate of drug-likeness (QED) is 0.654. The van der Waals surface area contributed by atoms with E-state index >= 15 is 0 Å². The number of rotatable bonds is 7. The van der Waals surface area contributed by atoms with Gasteiger partial charge in [0.25, 0.3) is 5.91 Å². The fourth-order valence-electron chi connectivity index (χ4n) is 3.10. The summed E-state index contributed by atoms with van der Waals surface area (Å²) >= 11 is 11.8. The van der Waals surface area contributed by atoms with Gasteiger partial charge in [0.05, 0.1) is 16.0 Å². The average molecular weight is 450 g/mol. The number of anilines is 1. The molecule has 1 fully saturated rings. The lowest BCUT2D eigenvalue weighted by Gasteiger charge is -2.18. The lowest BCUT2D eigenvalue weighted by molar-refractivity contribution is -0.157. The van der Waals surface area contributed by atoms with E-state index in [4.69, 9.17) is 27.9 Å². The second-order valence-corrected chi connectivity index (χ2v) is 7.87. The lowest BCUT2D eigenvalue weighted by atomic mass is 10.1. The molecule has 0 bridgehead atoms. The first-order valence-electron chi connectivity index (χ1n) is 9.47. The molecule has 1 saturated heterocycles. The molecule has 1 aliphatic heterocycles. The molecule has 7 nitrogen and oxygen atoms in total. The molecule has 30 heavy (non-hydrogen) atoms. The molecule has 1 aromatic heterocycles. The highest BCUT2D eigenvalue weighted by Crippen LogP contribution is 2.23. The van der Waals surface area contributed by atoms with Crippen molar-refractivity contribution in [1.29, 1.82) is 0 Å². The Hall–Kier alpha value is -2.64. The fourth-order valence-corrected chi connectivity index (χ4v) is 3.53. The number of ether oxygens (including phenoxy) is 1. The first kappa shape index (κ1) is 22.1. The summed E-state index contributed by atoms with van der Waals surface area (Å²) in [7, 11) is 0. The Bertz CT molecular complexity index is 939. The van der Waals surface area contributed by atoms with Crippen molar-refractivity contribution in [3.05, 3.63) is 58.2 Å². The summed E-state index contributed by atoms with van der Waals surface area (Å²) in [6, 6.07) is 11.3. The number of halogens is 2. The summed E-state index contributed by atoms with van der Waals surface area (Å²) in [6.45, 7) is 2.26. The second-order valence-electron chi connectivity index (χ2n) is 7.03. The number of nitrogens with one attached hydrogen (secondary N) is 1. The summed E-state index contributed by atoms with van der Waals surface area (Å²) in [4.78, 5) is 42.6. The van der Waals surface area contributed by atoms with Crippen LogP contribution in [-0.2, 0) is 25.5 Å². The Morgan fingerprint density at radius 1 is 1.30 bits per heavy atom. The van der Waals surface area contributed by atoms with Crippen LogP contribution in [0.3, 0.4) is 0 Å². The van der Waals surface area contributed by atoms with Crippen LogP contribution >= 0.6 is 23.2 Å². The molecule has 158 valence electrons. The van der Waals surface area contributed by atoms with Gasteiger partial charge >= 0.3 is 5.97 Å². The van der Waals surface area contributed by atoms with Crippen molar-refractivity contribution >= 4 is 46.8 Å². The Labute approximate surface area is 184 Å². The summed E-state index contributed by atoms with van der Waals surface area (Å²) < 4.78 is 5.26. The van der Waals surface area contributed by atoms with Gasteiger partial charge in [0, 0.05) is 25.7 Å². The highest BCUT2D eigenvalue weighted by molar-refractivity contribution is 6.36. The van der Waals surface area contributed by atoms with Gasteiger partial charge in [-0.25, -0.2) is 4.98 Å². The smallest absolute Gasteiger partial charge is 0.312 e. The number of carbonyl (C=O) groups is 3. The van der Waals surface area contributed by atoms with Crippen LogP contribution in [0.15, 0.2) is 42.6 Å². The standard InChI is InChI=1S/C21H21Cl2N3O4/c1-13(20(28)25-19-17(23)10-16(22)11-24-19)30-21(29)15-9-18(27)26(12-15)8-7-14-5-3-2-4-6-14/h2-6,10-11,13,15H,7-9,12H2,1H3,(H,24,25,28)/t13-,15-/m1/s1. The third kappa shape index (κ3) is 5.70. The molecule has 9 heteroatoms. The SMILES string of the molecule is C[C@@H](OC(=O)[C@@H]1CC(=O)N(CCc2ccccc2)C1)C(=O)Nc1ncc(Cl)cc1Cl. The Morgan fingerprint density at radius 2 is 2.03 bits per heavy atom. The predicted octanol–water partition coefficient (Wildman–Crippen LogP) is 3.35. The van der Waals surface area contributed by atoms with Crippen molar-refractivity contribution in [3.8, 4) is 0 Å². The van der Waals surface area contributed by atoms with E-state index in [0.29, 0.717) is 18.0 Å². The van der Waals surface area contributed by atoms with Crippen LogP contribution in [0, 0.1) is 5.92 Å². The van der Waals surface area contributed by atoms with E-state index in [1.165, 1.54) is 19.2 Å². The first-order valence-corrected chi connectivity index (χ1v) is 10.2. The summed E-state index contributed by atoms with van der Waals surface area (Å²) in [5, 5.41) is 3.00. The van der Waals surface area contributed by atoms with Crippen LogP contribution < -0.4 is 5.32 Å². The minimum absolute atomic E-state index is 0.0759. The molecular formula is C21H21Cl2N3O4. The molecule has 0 saturated carbocycles. The van der Waals surface area contributed by atoms with Gasteiger partial charge in [-0.05, 0) is 25.0 Å². The number of benzene rings is 1. The molecule has 2 atom stereocenters. The summed E-state index contributed by atoms with van der Waals surface area (Å²) in [6.07, 6.45) is 1.06. The zero-order valence-corrected chi connectivity index (χ0v) is 17.8. The number of amides is 2. The maximum Gasteiger partial charge on any atom is 0.312 e. The monoisotopic (exact) mass is 449 g/mol. The summed E-state index contributed by atoms with van der Waals surface area (Å²) in [5.74, 6) is -1.73. The van der Waals surface area contributed by atoms with Crippen molar-refractivity contribution < 1.29 is 19.1 Å². The van der Waals surface area contributed by atoms with Gasteiger partial charge in [0.15, 0.2) is 11.9 Å². The average Bonchev–Trinajstić information content (AvgIpc) is 3.10. The Kier molecular flexibility index (Phi) is 7.29. The molecule has 0 spiro atoms. The van der Waals surface area contributed by atoms with Crippen molar-refractivity contribution in [2.75, 3.05) is 18.4 Å². The van der Waals surface area contributed by atoms with E-state index in [9.17, 15) is 14.4 Å². The molecule has 3 rings (SSSR count). The maximum atomic E-state index is 12.4. The molecule has 1 aromatic carbocycles. The van der Waals surface area contributed by atoms with Gasteiger partial charge in [-0.1, -0.05) is 53.5 Å². The van der Waals surface area contributed by atoms with Gasteiger partial charge in [0.1, 0.15) is 0 Å². The number of carbonyl (C=O) groups excluding carboxylic acids is 3. The molecule has 0 radical (unpaired) electrons. The zero-order chi connectivity index (χ0) is 21.7. The van der Waals surface area contributed by atoms with E-state index in [1.807, 2.05) is 30.3 Å². The molecule has 0 aliphatic carbocycles. The van der Waals surface area contributed by atoms with Gasteiger partial charge in [0.2, 0.25) is 5.91 Å². The van der Waals surface area contributed by atoms with E-state index in [1.54, 1.807) is 4.90 Å². The van der Waals surface area contributed by atoms with Gasteiger partial charge in [-0.15, -0.1) is 0 Å². The first-order chi connectivity index (χ1) is 14.3. The van der Waals surface area contributed by atoms with Crippen molar-refractivity contribution in [1.82, 2.24) is 9.88 Å². The summed E-state index contributed by atoms with van der Waals surface area (Å²) in [5.41, 5.74) is 1.12. The van der Waals surface area contributed by atoms with Gasteiger partial charge in [-0.3, -0.25) is 14.4 Å². The Balaban J connectivity index is 1.50. The van der Waals surface area contributed by atoms with Crippen LogP contribution in [0.4, 0.5) is 5.82 Å². The number of nitrogens with zero attached hydrogens (tertiary/aromatic N) is 2. The fraction of sp³-hybridized carbons (Fsp3) is 0.333. The molecule has 1 N–H and O–H groups in total. The van der Waals surface area contributed by atoms with Crippen LogP contribution in [0.25, 0.3) is 0 Å². The van der Waals surface area contributed by atoms with E-state index < -0.39 is 23.9 Å². The van der Waals surface area contributed by atoms with E-state index in [-0.39, 0.29) is 29.7 Å². The number of esters is 1. The largest absolute Gasteiger partial charge is 0.452 e. The van der Waals surface area contributed by atoms with Crippen molar-refractivity contribution in [2.24, 2.45) is 5.92 Å². The third-order valence-electron chi connectivity index (χ3n) is 4.77. The molecule has 2 heterocycles. The van der Waals surface area contributed by atoms with Gasteiger partial charge in [-0.2, -0.15) is 0 Å². The van der Waals surface area contributed by atoms with E-state index in [2.05, 4.69) is 10.3 Å². The van der Waals surface area contributed by atoms with Crippen molar-refractivity contribution in [3.63, 3.8) is 0 Å². The molecule has 0 unspecified atom stereocenters. The molecular weight excluding hydrogens is 429 g/mol. The predicted molar refractivity (Wildman–Crippen MR) is 113 cm³/mol. The zero-order valence-electron chi connectivity index (χ0n) is 16.3. The minimum atomic E-state index is -1.07. The van der Waals surface area contributed by atoms with Gasteiger partial charge < -0.3 is 15.0 Å². The molecule has 2 aromatic rings. The maximum absolute atomic E-state index is 12.4.